The molecule has 1 heterocycles. The summed E-state index contributed by atoms with van der Waals surface area (Å²) >= 11 is 1.07. The number of urea groups is 1. The van der Waals surface area contributed by atoms with Crippen molar-refractivity contribution in [3.05, 3.63) is 29.8 Å². The minimum atomic E-state index is -0.515. The Morgan fingerprint density at radius 2 is 1.95 bits per heavy atom. The fourth-order valence-corrected chi connectivity index (χ4v) is 2.14. The highest BCUT2D eigenvalue weighted by Crippen LogP contribution is 2.23. The highest BCUT2D eigenvalue weighted by molar-refractivity contribution is 7.99. The molecule has 2 N–H and O–H groups in total. The molecule has 0 spiro atoms. The first-order valence-corrected chi connectivity index (χ1v) is 7.68. The van der Waals surface area contributed by atoms with Crippen molar-refractivity contribution in [2.45, 2.75) is 19.1 Å². The van der Waals surface area contributed by atoms with Gasteiger partial charge >= 0.3 is 6.03 Å². The molecule has 7 nitrogen and oxygen atoms in total. The van der Waals surface area contributed by atoms with Gasteiger partial charge in [0.05, 0.1) is 5.75 Å². The number of nitrogens with zero attached hydrogens (tertiary/aromatic N) is 2. The average molecular weight is 320 g/mol. The molecule has 0 bridgehead atoms. The van der Waals surface area contributed by atoms with Gasteiger partial charge < -0.3 is 9.73 Å². The van der Waals surface area contributed by atoms with Crippen LogP contribution in [0.15, 0.2) is 33.9 Å². The number of hydrogen-bond donors (Lipinski definition) is 2. The van der Waals surface area contributed by atoms with Crippen molar-refractivity contribution >= 4 is 23.7 Å². The van der Waals surface area contributed by atoms with Crippen LogP contribution in [0.2, 0.25) is 0 Å². The number of benzene rings is 1. The first-order valence-electron chi connectivity index (χ1n) is 6.69. The Morgan fingerprint density at radius 1 is 1.23 bits per heavy atom. The van der Waals surface area contributed by atoms with Crippen LogP contribution in [0.4, 0.5) is 4.79 Å². The summed E-state index contributed by atoms with van der Waals surface area (Å²) in [5.74, 6) is -0.00943. The molecule has 116 valence electrons. The quantitative estimate of drug-likeness (QED) is 0.818. The van der Waals surface area contributed by atoms with Gasteiger partial charge in [-0.05, 0) is 26.0 Å². The Balaban J connectivity index is 1.88. The second-order valence-corrected chi connectivity index (χ2v) is 5.36. The zero-order valence-corrected chi connectivity index (χ0v) is 13.1. The minimum absolute atomic E-state index is 0.0205. The van der Waals surface area contributed by atoms with E-state index < -0.39 is 11.9 Å². The maximum atomic E-state index is 11.5. The molecule has 1 aromatic heterocycles. The fraction of sp³-hybridized carbons (Fsp3) is 0.286. The second-order valence-electron chi connectivity index (χ2n) is 4.44. The average Bonchev–Trinajstić information content (AvgIpc) is 2.95. The Kier molecular flexibility index (Phi) is 5.54. The molecular weight excluding hydrogens is 304 g/mol. The molecule has 0 saturated heterocycles. The zero-order valence-electron chi connectivity index (χ0n) is 12.3. The zero-order chi connectivity index (χ0) is 15.9. The highest BCUT2D eigenvalue weighted by atomic mass is 32.2. The third-order valence-corrected chi connectivity index (χ3v) is 3.44. The SMILES string of the molecule is CCNC(=O)NC(=O)CSc1nnc(-c2ccc(C)cc2)o1. The molecule has 1 aromatic carbocycles. The van der Waals surface area contributed by atoms with Gasteiger partial charge in [0.15, 0.2) is 0 Å². The molecule has 0 saturated carbocycles. The molecule has 0 aliphatic carbocycles. The van der Waals surface area contributed by atoms with Crippen LogP contribution in [0.25, 0.3) is 11.5 Å². The lowest BCUT2D eigenvalue weighted by atomic mass is 10.1. The van der Waals surface area contributed by atoms with Crippen molar-refractivity contribution in [2.24, 2.45) is 0 Å². The van der Waals surface area contributed by atoms with E-state index in [4.69, 9.17) is 4.42 Å². The van der Waals surface area contributed by atoms with Crippen LogP contribution in [0, 0.1) is 6.92 Å². The van der Waals surface area contributed by atoms with Crippen LogP contribution < -0.4 is 10.6 Å². The monoisotopic (exact) mass is 320 g/mol. The van der Waals surface area contributed by atoms with E-state index in [1.54, 1.807) is 6.92 Å². The van der Waals surface area contributed by atoms with E-state index in [0.717, 1.165) is 22.9 Å². The third-order valence-electron chi connectivity index (χ3n) is 2.62. The van der Waals surface area contributed by atoms with Gasteiger partial charge in [-0.15, -0.1) is 10.2 Å². The molecule has 0 unspecified atom stereocenters. The van der Waals surface area contributed by atoms with Crippen molar-refractivity contribution < 1.29 is 14.0 Å². The lowest BCUT2D eigenvalue weighted by Gasteiger charge is -2.02. The first kappa shape index (κ1) is 16.0. The minimum Gasteiger partial charge on any atom is -0.411 e. The number of imide groups is 1. The van der Waals surface area contributed by atoms with Gasteiger partial charge in [-0.25, -0.2) is 4.79 Å². The molecule has 0 aliphatic rings. The summed E-state index contributed by atoms with van der Waals surface area (Å²) in [6, 6.07) is 7.16. The maximum absolute atomic E-state index is 11.5. The summed E-state index contributed by atoms with van der Waals surface area (Å²) in [4.78, 5) is 22.7. The summed E-state index contributed by atoms with van der Waals surface area (Å²) in [6.45, 7) is 4.21. The maximum Gasteiger partial charge on any atom is 0.321 e. The van der Waals surface area contributed by atoms with E-state index >= 15 is 0 Å². The number of amides is 3. The van der Waals surface area contributed by atoms with Crippen molar-refractivity contribution in [3.63, 3.8) is 0 Å². The Bertz CT molecular complexity index is 654. The van der Waals surface area contributed by atoms with Crippen molar-refractivity contribution in [3.8, 4) is 11.5 Å². The van der Waals surface area contributed by atoms with Gasteiger partial charge in [0.1, 0.15) is 0 Å². The van der Waals surface area contributed by atoms with Crippen LogP contribution in [0.5, 0.6) is 0 Å². The van der Waals surface area contributed by atoms with Crippen LogP contribution in [0.1, 0.15) is 12.5 Å². The summed E-state index contributed by atoms with van der Waals surface area (Å²) in [6.07, 6.45) is 0. The largest absolute Gasteiger partial charge is 0.411 e. The molecule has 3 amide bonds. The van der Waals surface area contributed by atoms with E-state index in [-0.39, 0.29) is 11.0 Å². The molecule has 0 radical (unpaired) electrons. The molecule has 0 atom stereocenters. The molecule has 22 heavy (non-hydrogen) atoms. The topological polar surface area (TPSA) is 97.1 Å². The number of carbonyl (C=O) groups is 2. The summed E-state index contributed by atoms with van der Waals surface area (Å²) in [5.41, 5.74) is 1.96. The Hall–Kier alpha value is -2.35. The van der Waals surface area contributed by atoms with E-state index in [1.165, 1.54) is 0 Å². The van der Waals surface area contributed by atoms with Crippen molar-refractivity contribution in [1.29, 1.82) is 0 Å². The van der Waals surface area contributed by atoms with Crippen LogP contribution >= 0.6 is 11.8 Å². The fourth-order valence-electron chi connectivity index (χ4n) is 1.58. The van der Waals surface area contributed by atoms with E-state index in [2.05, 4.69) is 20.8 Å². The smallest absolute Gasteiger partial charge is 0.321 e. The Labute approximate surface area is 131 Å². The summed E-state index contributed by atoms with van der Waals surface area (Å²) < 4.78 is 5.47. The van der Waals surface area contributed by atoms with E-state index in [0.29, 0.717) is 12.4 Å². The van der Waals surface area contributed by atoms with Crippen molar-refractivity contribution in [2.75, 3.05) is 12.3 Å². The molecular formula is C14H16N4O3S. The standard InChI is InChI=1S/C14H16N4O3S/c1-3-15-13(20)16-11(19)8-22-14-18-17-12(21-14)10-6-4-9(2)5-7-10/h4-7H,3,8H2,1-2H3,(H2,15,16,19,20). The lowest BCUT2D eigenvalue weighted by Crippen LogP contribution is -2.40. The third kappa shape index (κ3) is 4.59. The van der Waals surface area contributed by atoms with Gasteiger partial charge in [0.25, 0.3) is 5.22 Å². The highest BCUT2D eigenvalue weighted by Gasteiger charge is 2.12. The van der Waals surface area contributed by atoms with Gasteiger partial charge in [-0.3, -0.25) is 10.1 Å². The number of aryl methyl sites for hydroxylation is 1. The summed E-state index contributed by atoms with van der Waals surface area (Å²) in [5, 5.41) is 12.8. The molecule has 2 rings (SSSR count). The predicted molar refractivity (Wildman–Crippen MR) is 82.4 cm³/mol. The normalized spacial score (nSPS) is 10.3. The van der Waals surface area contributed by atoms with Crippen molar-refractivity contribution in [1.82, 2.24) is 20.8 Å². The van der Waals surface area contributed by atoms with Gasteiger partial charge in [-0.1, -0.05) is 29.5 Å². The second kappa shape index (κ2) is 7.60. The van der Waals surface area contributed by atoms with Crippen LogP contribution in [0.3, 0.4) is 0 Å². The lowest BCUT2D eigenvalue weighted by molar-refractivity contribution is -0.117. The number of rotatable bonds is 5. The molecule has 0 aliphatic heterocycles. The molecule has 8 heteroatoms. The predicted octanol–water partition coefficient (Wildman–Crippen LogP) is 1.98. The van der Waals surface area contributed by atoms with E-state index in [9.17, 15) is 9.59 Å². The number of thioether (sulfide) groups is 1. The van der Waals surface area contributed by atoms with Crippen LogP contribution in [-0.4, -0.2) is 34.4 Å². The van der Waals surface area contributed by atoms with Gasteiger partial charge in [0.2, 0.25) is 11.8 Å². The molecule has 0 fully saturated rings. The number of carbonyl (C=O) groups excluding carboxylic acids is 2. The first-order chi connectivity index (χ1) is 10.6. The van der Waals surface area contributed by atoms with Gasteiger partial charge in [-0.2, -0.15) is 0 Å². The number of aromatic nitrogens is 2. The number of hydrogen-bond acceptors (Lipinski definition) is 6. The van der Waals surface area contributed by atoms with E-state index in [1.807, 2.05) is 31.2 Å². The molecule has 2 aromatic rings. The van der Waals surface area contributed by atoms with Gasteiger partial charge in [0, 0.05) is 12.1 Å². The summed E-state index contributed by atoms with van der Waals surface area (Å²) in [7, 11) is 0. The van der Waals surface area contributed by atoms with Crippen LogP contribution in [-0.2, 0) is 4.79 Å². The number of nitrogens with one attached hydrogen (secondary N) is 2. The Morgan fingerprint density at radius 3 is 2.64 bits per heavy atom.